The van der Waals surface area contributed by atoms with E-state index >= 15 is 0 Å². The van der Waals surface area contributed by atoms with Crippen LogP contribution in [-0.4, -0.2) is 52.0 Å². The number of nitrogens with one attached hydrogen (secondary N) is 2. The van der Waals surface area contributed by atoms with Gasteiger partial charge in [-0.3, -0.25) is 4.99 Å². The number of halogens is 1. The Morgan fingerprint density at radius 2 is 1.60 bits per heavy atom. The van der Waals surface area contributed by atoms with Crippen LogP contribution in [0.1, 0.15) is 36.3 Å². The Morgan fingerprint density at radius 3 is 2.17 bits per heavy atom. The predicted molar refractivity (Wildman–Crippen MR) is 134 cm³/mol. The number of ether oxygens (including phenoxy) is 2. The molecule has 0 aromatic heterocycles. The molecule has 0 unspecified atom stereocenters. The lowest BCUT2D eigenvalue weighted by Gasteiger charge is -2.22. The van der Waals surface area contributed by atoms with Gasteiger partial charge in [0.15, 0.2) is 5.96 Å². The van der Waals surface area contributed by atoms with Crippen LogP contribution in [0.4, 0.5) is 0 Å². The number of aliphatic imine (C=N–C) groups is 1. The van der Waals surface area contributed by atoms with Gasteiger partial charge in [0.05, 0.1) is 6.10 Å². The van der Waals surface area contributed by atoms with E-state index in [1.165, 1.54) is 11.1 Å². The first-order chi connectivity index (χ1) is 14.4. The predicted octanol–water partition coefficient (Wildman–Crippen LogP) is 4.19. The van der Waals surface area contributed by atoms with Crippen molar-refractivity contribution >= 4 is 29.9 Å². The van der Waals surface area contributed by atoms with Gasteiger partial charge < -0.3 is 20.1 Å². The molecule has 2 aromatic rings. The molecule has 2 aromatic carbocycles. The zero-order valence-electron chi connectivity index (χ0n) is 17.8. The second-order valence-electron chi connectivity index (χ2n) is 7.29. The number of benzene rings is 2. The highest BCUT2D eigenvalue weighted by atomic mass is 127. The van der Waals surface area contributed by atoms with Gasteiger partial charge in [-0.05, 0) is 30.4 Å². The molecule has 30 heavy (non-hydrogen) atoms. The Kier molecular flexibility index (Phi) is 11.8. The van der Waals surface area contributed by atoms with Crippen molar-refractivity contribution in [2.24, 2.45) is 4.99 Å². The summed E-state index contributed by atoms with van der Waals surface area (Å²) in [4.78, 5) is 4.37. The molecule has 5 nitrogen and oxygen atoms in total. The largest absolute Gasteiger partial charge is 0.381 e. The van der Waals surface area contributed by atoms with E-state index in [1.807, 2.05) is 7.05 Å². The third kappa shape index (κ3) is 8.24. The maximum Gasteiger partial charge on any atom is 0.191 e. The topological polar surface area (TPSA) is 54.9 Å². The zero-order chi connectivity index (χ0) is 20.2. The summed E-state index contributed by atoms with van der Waals surface area (Å²) in [5.74, 6) is 1.10. The maximum absolute atomic E-state index is 5.93. The molecule has 0 radical (unpaired) electrons. The maximum atomic E-state index is 5.93. The zero-order valence-corrected chi connectivity index (χ0v) is 20.1. The van der Waals surface area contributed by atoms with Crippen LogP contribution >= 0.6 is 24.0 Å². The average Bonchev–Trinajstić information content (AvgIpc) is 2.80. The van der Waals surface area contributed by atoms with Crippen molar-refractivity contribution in [1.82, 2.24) is 10.6 Å². The van der Waals surface area contributed by atoms with E-state index in [0.29, 0.717) is 6.10 Å². The second-order valence-corrected chi connectivity index (χ2v) is 7.29. The Morgan fingerprint density at radius 1 is 1.00 bits per heavy atom. The van der Waals surface area contributed by atoms with Crippen molar-refractivity contribution in [2.45, 2.75) is 31.3 Å². The molecule has 0 spiro atoms. The van der Waals surface area contributed by atoms with Gasteiger partial charge in [-0.2, -0.15) is 0 Å². The smallest absolute Gasteiger partial charge is 0.191 e. The van der Waals surface area contributed by atoms with Crippen molar-refractivity contribution in [3.05, 3.63) is 71.8 Å². The highest BCUT2D eigenvalue weighted by molar-refractivity contribution is 14.0. The monoisotopic (exact) mass is 523 g/mol. The van der Waals surface area contributed by atoms with E-state index in [4.69, 9.17) is 9.47 Å². The fourth-order valence-electron chi connectivity index (χ4n) is 3.59. The lowest BCUT2D eigenvalue weighted by Crippen LogP contribution is -2.40. The first kappa shape index (κ1) is 24.6. The summed E-state index contributed by atoms with van der Waals surface area (Å²) in [5.41, 5.74) is 2.60. The molecule has 164 valence electrons. The van der Waals surface area contributed by atoms with Crippen molar-refractivity contribution in [3.8, 4) is 0 Å². The lowest BCUT2D eigenvalue weighted by molar-refractivity contribution is -0.0320. The Hall–Kier alpha value is -1.64. The van der Waals surface area contributed by atoms with Crippen LogP contribution in [0.3, 0.4) is 0 Å². The molecule has 1 saturated heterocycles. The highest BCUT2D eigenvalue weighted by Gasteiger charge is 2.15. The molecule has 1 heterocycles. The van der Waals surface area contributed by atoms with E-state index in [0.717, 1.165) is 58.1 Å². The van der Waals surface area contributed by atoms with Gasteiger partial charge in [0, 0.05) is 45.9 Å². The summed E-state index contributed by atoms with van der Waals surface area (Å²) in [6, 6.07) is 21.2. The highest BCUT2D eigenvalue weighted by Crippen LogP contribution is 2.23. The summed E-state index contributed by atoms with van der Waals surface area (Å²) in [6.45, 7) is 4.04. The third-order valence-corrected chi connectivity index (χ3v) is 5.24. The fourth-order valence-corrected chi connectivity index (χ4v) is 3.59. The van der Waals surface area contributed by atoms with E-state index in [9.17, 15) is 0 Å². The fraction of sp³-hybridized carbons (Fsp3) is 0.458. The third-order valence-electron chi connectivity index (χ3n) is 5.24. The molecular weight excluding hydrogens is 489 g/mol. The lowest BCUT2D eigenvalue weighted by atomic mass is 9.91. The molecule has 3 rings (SSSR count). The molecule has 1 fully saturated rings. The van der Waals surface area contributed by atoms with Crippen molar-refractivity contribution < 1.29 is 9.47 Å². The minimum absolute atomic E-state index is 0. The summed E-state index contributed by atoms with van der Waals surface area (Å²) >= 11 is 0. The summed E-state index contributed by atoms with van der Waals surface area (Å²) in [5, 5.41) is 6.89. The van der Waals surface area contributed by atoms with Crippen molar-refractivity contribution in [3.63, 3.8) is 0 Å². The molecule has 0 bridgehead atoms. The molecule has 0 amide bonds. The molecule has 0 atom stereocenters. The Labute approximate surface area is 197 Å². The normalized spacial score (nSPS) is 14.9. The quantitative estimate of drug-likeness (QED) is 0.224. The summed E-state index contributed by atoms with van der Waals surface area (Å²) in [6.07, 6.45) is 3.34. The molecule has 1 aliphatic heterocycles. The van der Waals surface area contributed by atoms with Crippen molar-refractivity contribution in [1.29, 1.82) is 0 Å². The molecule has 0 aliphatic carbocycles. The Bertz CT molecular complexity index is 682. The summed E-state index contributed by atoms with van der Waals surface area (Å²) in [7, 11) is 1.81. The second kappa shape index (κ2) is 14.4. The van der Waals surface area contributed by atoms with E-state index < -0.39 is 0 Å². The number of guanidine groups is 1. The van der Waals surface area contributed by atoms with Gasteiger partial charge in [-0.25, -0.2) is 0 Å². The Balaban J connectivity index is 0.00000320. The first-order valence-electron chi connectivity index (χ1n) is 10.6. The van der Waals surface area contributed by atoms with E-state index in [-0.39, 0.29) is 29.9 Å². The van der Waals surface area contributed by atoms with Gasteiger partial charge in [-0.15, -0.1) is 24.0 Å². The standard InChI is InChI=1S/C24H33N3O2.HI/c1-25-24(26-15-8-16-29-22-13-17-28-18-14-22)27-19-23(20-9-4-2-5-10-20)21-11-6-3-7-12-21;/h2-7,9-12,22-23H,8,13-19H2,1H3,(H2,25,26,27);1H. The molecule has 2 N–H and O–H groups in total. The molecule has 1 aliphatic rings. The minimum Gasteiger partial charge on any atom is -0.381 e. The molecule has 6 heteroatoms. The van der Waals surface area contributed by atoms with Crippen LogP contribution in [0.25, 0.3) is 0 Å². The van der Waals surface area contributed by atoms with Crippen molar-refractivity contribution in [2.75, 3.05) is 40.0 Å². The first-order valence-corrected chi connectivity index (χ1v) is 10.6. The van der Waals surface area contributed by atoms with Crippen LogP contribution in [0.2, 0.25) is 0 Å². The average molecular weight is 523 g/mol. The number of hydrogen-bond donors (Lipinski definition) is 2. The van der Waals surface area contributed by atoms with Gasteiger partial charge in [0.2, 0.25) is 0 Å². The van der Waals surface area contributed by atoms with Crippen LogP contribution in [-0.2, 0) is 9.47 Å². The van der Waals surface area contributed by atoms with Gasteiger partial charge in [0.25, 0.3) is 0 Å². The number of hydrogen-bond acceptors (Lipinski definition) is 3. The van der Waals surface area contributed by atoms with Gasteiger partial charge in [-0.1, -0.05) is 60.7 Å². The van der Waals surface area contributed by atoms with Gasteiger partial charge >= 0.3 is 0 Å². The van der Waals surface area contributed by atoms with Crippen LogP contribution in [0, 0.1) is 0 Å². The van der Waals surface area contributed by atoms with Gasteiger partial charge in [0.1, 0.15) is 0 Å². The molecule has 0 saturated carbocycles. The molecular formula is C24H34IN3O2. The van der Waals surface area contributed by atoms with E-state index in [2.05, 4.69) is 76.3 Å². The summed E-state index contributed by atoms with van der Waals surface area (Å²) < 4.78 is 11.3. The number of nitrogens with zero attached hydrogens (tertiary/aromatic N) is 1. The van der Waals surface area contributed by atoms with Crippen LogP contribution in [0.5, 0.6) is 0 Å². The van der Waals surface area contributed by atoms with Crippen LogP contribution in [0.15, 0.2) is 65.7 Å². The van der Waals surface area contributed by atoms with E-state index in [1.54, 1.807) is 0 Å². The van der Waals surface area contributed by atoms with Crippen LogP contribution < -0.4 is 10.6 Å². The number of rotatable bonds is 9. The minimum atomic E-state index is 0. The SMILES string of the molecule is CN=C(NCCCOC1CCOCC1)NCC(c1ccccc1)c1ccccc1.I.